The molecule has 2 aromatic carbocycles. The Labute approximate surface area is 269 Å². The number of piperidine rings is 2. The lowest BCUT2D eigenvalue weighted by atomic mass is 9.94. The highest BCUT2D eigenvalue weighted by atomic mass is 79.9. The molecule has 3 aliphatic rings. The molecule has 1 unspecified atom stereocenters. The van der Waals surface area contributed by atoms with Crippen LogP contribution in [0.1, 0.15) is 48.0 Å². The van der Waals surface area contributed by atoms with Gasteiger partial charge in [0.05, 0.1) is 5.69 Å². The van der Waals surface area contributed by atoms with Crippen LogP contribution < -0.4 is 16.4 Å². The number of fused-ring (bicyclic) bond motifs is 1. The second kappa shape index (κ2) is 13.8. The van der Waals surface area contributed by atoms with Crippen LogP contribution in [0.4, 0.5) is 16.2 Å². The summed E-state index contributed by atoms with van der Waals surface area (Å²) in [6.45, 7) is 3.11. The van der Waals surface area contributed by atoms with Gasteiger partial charge in [-0.2, -0.15) is 0 Å². The predicted octanol–water partition coefficient (Wildman–Crippen LogP) is 4.27. The number of hydrogen-bond acceptors (Lipinski definition) is 6. The van der Waals surface area contributed by atoms with Crippen molar-refractivity contribution in [3.8, 4) is 0 Å². The van der Waals surface area contributed by atoms with Crippen molar-refractivity contribution >= 4 is 66.9 Å². The molecular weight excluding hydrogens is 680 g/mol. The van der Waals surface area contributed by atoms with Gasteiger partial charge in [-0.3, -0.25) is 14.4 Å². The number of nitrogen functional groups attached to an aromatic ring is 1. The molecule has 0 radical (unpaired) electrons. The normalized spacial score (nSPS) is 19.3. The van der Waals surface area contributed by atoms with Crippen LogP contribution in [-0.4, -0.2) is 90.2 Å². The summed E-state index contributed by atoms with van der Waals surface area (Å²) in [6.07, 6.45) is 3.27. The van der Waals surface area contributed by atoms with Gasteiger partial charge in [0.25, 0.3) is 0 Å². The van der Waals surface area contributed by atoms with Crippen molar-refractivity contribution in [3.05, 3.63) is 56.5 Å². The number of carbonyl (C=O) groups is 4. The predicted molar refractivity (Wildman–Crippen MR) is 173 cm³/mol. The molecule has 3 aliphatic heterocycles. The van der Waals surface area contributed by atoms with E-state index in [-0.39, 0.29) is 42.0 Å². The molecule has 0 spiro atoms. The summed E-state index contributed by atoms with van der Waals surface area (Å²) in [6, 6.07) is 10.0. The second-order valence-corrected chi connectivity index (χ2v) is 13.4. The zero-order chi connectivity index (χ0) is 30.7. The maximum atomic E-state index is 13.9. The van der Waals surface area contributed by atoms with Crippen LogP contribution in [0.2, 0.25) is 0 Å². The highest BCUT2D eigenvalue weighted by Crippen LogP contribution is 2.31. The van der Waals surface area contributed by atoms with Crippen LogP contribution in [0.15, 0.2) is 45.3 Å². The van der Waals surface area contributed by atoms with E-state index in [0.29, 0.717) is 65.5 Å². The van der Waals surface area contributed by atoms with Gasteiger partial charge in [0.1, 0.15) is 6.04 Å². The van der Waals surface area contributed by atoms with Crippen molar-refractivity contribution in [2.75, 3.05) is 50.8 Å². The molecule has 0 saturated carbocycles. The number of ketones is 1. The molecule has 0 bridgehead atoms. The van der Waals surface area contributed by atoms with E-state index in [2.05, 4.69) is 47.4 Å². The first-order chi connectivity index (χ1) is 20.6. The summed E-state index contributed by atoms with van der Waals surface area (Å²) in [5.41, 5.74) is 8.83. The first kappa shape index (κ1) is 31.5. The molecule has 10 nitrogen and oxygen atoms in total. The van der Waals surface area contributed by atoms with Gasteiger partial charge >= 0.3 is 6.03 Å². The smallest absolute Gasteiger partial charge is 0.322 e. The number of carbonyl (C=O) groups excluding carboxylic acids is 4. The molecular formula is C31H38Br2N6O4. The molecule has 43 heavy (non-hydrogen) atoms. The number of anilines is 2. The van der Waals surface area contributed by atoms with E-state index in [1.54, 1.807) is 17.0 Å². The van der Waals surface area contributed by atoms with Crippen LogP contribution in [0.5, 0.6) is 0 Å². The lowest BCUT2D eigenvalue weighted by Crippen LogP contribution is -2.55. The number of Topliss-reactive ketones (excluding diaryl/α,β-unsaturated/α-hetero) is 1. The third kappa shape index (κ3) is 7.41. The van der Waals surface area contributed by atoms with Crippen molar-refractivity contribution in [3.63, 3.8) is 0 Å². The number of rotatable bonds is 7. The summed E-state index contributed by atoms with van der Waals surface area (Å²) in [5, 5.41) is 5.98. The first-order valence-corrected chi connectivity index (χ1v) is 16.4. The average molecular weight is 718 g/mol. The van der Waals surface area contributed by atoms with Crippen molar-refractivity contribution in [1.82, 2.24) is 20.0 Å². The van der Waals surface area contributed by atoms with Gasteiger partial charge in [0.15, 0.2) is 5.78 Å². The molecule has 0 aromatic heterocycles. The molecule has 2 saturated heterocycles. The number of urea groups is 1. The molecule has 4 N–H and O–H groups in total. The SMILES string of the molecule is CN1CCC(C(=O)NC(CC(=O)c2cc(Br)c(N)c(Br)c2)C(=O)N2CCC(N3CCc4ccccc4NC3=O)CC2)CC1. The van der Waals surface area contributed by atoms with Crippen molar-refractivity contribution in [1.29, 1.82) is 0 Å². The van der Waals surface area contributed by atoms with E-state index in [9.17, 15) is 19.2 Å². The lowest BCUT2D eigenvalue weighted by Gasteiger charge is -2.39. The Balaban J connectivity index is 1.26. The maximum absolute atomic E-state index is 13.9. The molecule has 12 heteroatoms. The maximum Gasteiger partial charge on any atom is 0.322 e. The quantitative estimate of drug-likeness (QED) is 0.290. The van der Waals surface area contributed by atoms with Gasteiger partial charge in [0.2, 0.25) is 11.8 Å². The van der Waals surface area contributed by atoms with Crippen molar-refractivity contribution in [2.45, 2.75) is 50.6 Å². The number of para-hydroxylation sites is 1. The Morgan fingerprint density at radius 3 is 2.33 bits per heavy atom. The van der Waals surface area contributed by atoms with Crippen LogP contribution in [0.25, 0.3) is 0 Å². The summed E-state index contributed by atoms with van der Waals surface area (Å²) < 4.78 is 1.15. The van der Waals surface area contributed by atoms with Gasteiger partial charge in [-0.1, -0.05) is 18.2 Å². The molecule has 1 atom stereocenters. The highest BCUT2D eigenvalue weighted by molar-refractivity contribution is 9.11. The van der Waals surface area contributed by atoms with E-state index in [1.807, 2.05) is 36.2 Å². The number of nitrogens with one attached hydrogen (secondary N) is 2. The van der Waals surface area contributed by atoms with Gasteiger partial charge in [-0.05, 0) is 108 Å². The number of hydrogen-bond donors (Lipinski definition) is 3. The van der Waals surface area contributed by atoms with E-state index in [4.69, 9.17) is 5.73 Å². The Bertz CT molecular complexity index is 1370. The van der Waals surface area contributed by atoms with Gasteiger partial charge in [0, 0.05) is 58.2 Å². The Hall–Kier alpha value is -2.96. The lowest BCUT2D eigenvalue weighted by molar-refractivity contribution is -0.138. The molecule has 0 aliphatic carbocycles. The van der Waals surface area contributed by atoms with Crippen LogP contribution in [-0.2, 0) is 16.0 Å². The van der Waals surface area contributed by atoms with E-state index >= 15 is 0 Å². The van der Waals surface area contributed by atoms with Gasteiger partial charge in [-0.25, -0.2) is 4.79 Å². The number of nitrogens with two attached hydrogens (primary N) is 1. The minimum Gasteiger partial charge on any atom is -0.397 e. The summed E-state index contributed by atoms with van der Waals surface area (Å²) in [5.74, 6) is -0.916. The van der Waals surface area contributed by atoms with Gasteiger partial charge < -0.3 is 31.1 Å². The molecule has 2 fully saturated rings. The monoisotopic (exact) mass is 716 g/mol. The largest absolute Gasteiger partial charge is 0.397 e. The van der Waals surface area contributed by atoms with Crippen LogP contribution in [0, 0.1) is 5.92 Å². The minimum absolute atomic E-state index is 0.00302. The standard InChI is InChI=1S/C31H38Br2N6O4/c1-37-11-6-20(7-12-37)29(41)35-26(18-27(40)21-16-23(32)28(34)24(33)17-21)30(42)38-13-9-22(10-14-38)39-15-8-19-4-2-3-5-25(19)36-31(39)43/h2-5,16-17,20,22,26H,6-15,18,34H2,1H3,(H,35,41)(H,36,43). The second-order valence-electron chi connectivity index (χ2n) is 11.7. The van der Waals surface area contributed by atoms with Crippen molar-refractivity contribution in [2.24, 2.45) is 5.92 Å². The van der Waals surface area contributed by atoms with E-state index in [1.165, 1.54) is 0 Å². The van der Waals surface area contributed by atoms with Gasteiger partial charge in [-0.15, -0.1) is 0 Å². The zero-order valence-electron chi connectivity index (χ0n) is 24.3. The Morgan fingerprint density at radius 1 is 1.00 bits per heavy atom. The van der Waals surface area contributed by atoms with Crippen LogP contribution >= 0.6 is 31.9 Å². The summed E-state index contributed by atoms with van der Waals surface area (Å²) >= 11 is 6.78. The fourth-order valence-corrected chi connectivity index (χ4v) is 7.35. The first-order valence-electron chi connectivity index (χ1n) is 14.8. The topological polar surface area (TPSA) is 128 Å². The zero-order valence-corrected chi connectivity index (χ0v) is 27.5. The summed E-state index contributed by atoms with van der Waals surface area (Å²) in [7, 11) is 2.03. The summed E-state index contributed by atoms with van der Waals surface area (Å²) in [4.78, 5) is 59.4. The molecule has 3 heterocycles. The minimum atomic E-state index is -0.984. The number of nitrogens with zero attached hydrogens (tertiary/aromatic N) is 3. The number of likely N-dealkylation sites (tertiary alicyclic amines) is 2. The Kier molecular flexibility index (Phi) is 10.1. The number of halogens is 2. The van der Waals surface area contributed by atoms with E-state index in [0.717, 1.165) is 30.8 Å². The van der Waals surface area contributed by atoms with E-state index < -0.39 is 6.04 Å². The van der Waals surface area contributed by atoms with Crippen molar-refractivity contribution < 1.29 is 19.2 Å². The fraction of sp³-hybridized carbons (Fsp3) is 0.484. The molecule has 5 rings (SSSR count). The number of benzene rings is 2. The number of amides is 4. The third-order valence-electron chi connectivity index (χ3n) is 8.85. The fourth-order valence-electron chi connectivity index (χ4n) is 6.17. The Morgan fingerprint density at radius 2 is 1.65 bits per heavy atom. The van der Waals surface area contributed by atoms with Crippen LogP contribution in [0.3, 0.4) is 0 Å². The third-order valence-corrected chi connectivity index (χ3v) is 10.2. The average Bonchev–Trinajstić information content (AvgIpc) is 3.17. The highest BCUT2D eigenvalue weighted by Gasteiger charge is 2.36. The molecule has 2 aromatic rings. The molecule has 4 amide bonds. The molecule has 230 valence electrons.